The van der Waals surface area contributed by atoms with E-state index in [1.54, 1.807) is 12.1 Å². The third kappa shape index (κ3) is 4.76. The molecule has 20 heavy (non-hydrogen) atoms. The summed E-state index contributed by atoms with van der Waals surface area (Å²) in [6, 6.07) is 5.98. The first kappa shape index (κ1) is 14.7. The molecule has 0 aromatic heterocycles. The molecule has 1 saturated carbocycles. The molecule has 0 radical (unpaired) electrons. The molecule has 2 rings (SSSR count). The number of hydrogen-bond acceptors (Lipinski definition) is 3. The van der Waals surface area contributed by atoms with Gasteiger partial charge in [-0.1, -0.05) is 17.5 Å². The maximum Gasteiger partial charge on any atom is 0.258 e. The molecule has 0 bridgehead atoms. The van der Waals surface area contributed by atoms with Crippen molar-refractivity contribution in [3.8, 4) is 18.1 Å². The van der Waals surface area contributed by atoms with Crippen LogP contribution in [0, 0.1) is 12.3 Å². The Kier molecular flexibility index (Phi) is 5.28. The molecular formula is C15H17ClN2O2. The largest absolute Gasteiger partial charge is 0.483 e. The topological polar surface area (TPSA) is 50.4 Å². The number of terminal acetylenes is 1. The smallest absolute Gasteiger partial charge is 0.258 e. The molecule has 1 fully saturated rings. The van der Waals surface area contributed by atoms with E-state index in [0.717, 1.165) is 5.56 Å². The third-order valence-electron chi connectivity index (χ3n) is 2.93. The van der Waals surface area contributed by atoms with E-state index < -0.39 is 0 Å². The minimum absolute atomic E-state index is 0.0558. The van der Waals surface area contributed by atoms with E-state index in [9.17, 15) is 4.79 Å². The van der Waals surface area contributed by atoms with E-state index in [1.807, 2.05) is 6.07 Å². The summed E-state index contributed by atoms with van der Waals surface area (Å²) in [6.07, 6.45) is 7.50. The van der Waals surface area contributed by atoms with Crippen molar-refractivity contribution in [3.05, 3.63) is 28.8 Å². The van der Waals surface area contributed by atoms with E-state index in [4.69, 9.17) is 22.8 Å². The summed E-state index contributed by atoms with van der Waals surface area (Å²) >= 11 is 5.99. The Morgan fingerprint density at radius 1 is 1.50 bits per heavy atom. The van der Waals surface area contributed by atoms with Gasteiger partial charge >= 0.3 is 0 Å². The number of ether oxygens (including phenoxy) is 1. The number of amides is 1. The second-order valence-electron chi connectivity index (χ2n) is 4.68. The Balaban J connectivity index is 1.91. The molecule has 1 aromatic rings. The predicted octanol–water partition coefficient (Wildman–Crippen LogP) is 1.72. The van der Waals surface area contributed by atoms with Gasteiger partial charge in [-0.15, -0.1) is 6.42 Å². The summed E-state index contributed by atoms with van der Waals surface area (Å²) in [6.45, 7) is 0.838. The lowest BCUT2D eigenvalue weighted by Crippen LogP contribution is -2.29. The number of halogens is 1. The molecule has 0 heterocycles. The van der Waals surface area contributed by atoms with E-state index in [2.05, 4.69) is 16.6 Å². The van der Waals surface area contributed by atoms with Gasteiger partial charge in [-0.05, 0) is 31.0 Å². The fourth-order valence-electron chi connectivity index (χ4n) is 1.71. The SMILES string of the molecule is C#CCNC(=O)COc1ccc(Cl)cc1CNC1CC1. The molecule has 4 nitrogen and oxygen atoms in total. The van der Waals surface area contributed by atoms with Crippen molar-refractivity contribution in [2.75, 3.05) is 13.2 Å². The lowest BCUT2D eigenvalue weighted by atomic mass is 10.2. The molecule has 2 N–H and O–H groups in total. The van der Waals surface area contributed by atoms with Gasteiger partial charge in [0, 0.05) is 23.2 Å². The van der Waals surface area contributed by atoms with E-state index >= 15 is 0 Å². The number of carbonyl (C=O) groups excluding carboxylic acids is 1. The van der Waals surface area contributed by atoms with Crippen molar-refractivity contribution >= 4 is 17.5 Å². The number of hydrogen-bond donors (Lipinski definition) is 2. The van der Waals surface area contributed by atoms with Crippen LogP contribution < -0.4 is 15.4 Å². The molecule has 0 atom stereocenters. The zero-order valence-corrected chi connectivity index (χ0v) is 11.9. The van der Waals surface area contributed by atoms with E-state index in [1.165, 1.54) is 12.8 Å². The monoisotopic (exact) mass is 292 g/mol. The Bertz CT molecular complexity index is 521. The first-order valence-electron chi connectivity index (χ1n) is 6.54. The summed E-state index contributed by atoms with van der Waals surface area (Å²) in [7, 11) is 0. The van der Waals surface area contributed by atoms with Crippen LogP contribution in [0.15, 0.2) is 18.2 Å². The van der Waals surface area contributed by atoms with Crippen LogP contribution in [0.5, 0.6) is 5.75 Å². The first-order chi connectivity index (χ1) is 9.69. The van der Waals surface area contributed by atoms with Crippen LogP contribution in [0.1, 0.15) is 18.4 Å². The van der Waals surface area contributed by atoms with Crippen LogP contribution in [-0.2, 0) is 11.3 Å². The highest BCUT2D eigenvalue weighted by Crippen LogP contribution is 2.25. The van der Waals surface area contributed by atoms with E-state index in [0.29, 0.717) is 23.4 Å². The zero-order valence-electron chi connectivity index (χ0n) is 11.1. The minimum atomic E-state index is -0.237. The Labute approximate surface area is 123 Å². The number of nitrogens with one attached hydrogen (secondary N) is 2. The van der Waals surface area contributed by atoms with Crippen LogP contribution in [-0.4, -0.2) is 25.1 Å². The quantitative estimate of drug-likeness (QED) is 0.753. The summed E-state index contributed by atoms with van der Waals surface area (Å²) in [5, 5.41) is 6.60. The van der Waals surface area contributed by atoms with Crippen LogP contribution in [0.25, 0.3) is 0 Å². The van der Waals surface area contributed by atoms with Gasteiger partial charge in [-0.2, -0.15) is 0 Å². The summed E-state index contributed by atoms with van der Waals surface area (Å²) in [5.74, 6) is 2.77. The molecule has 106 valence electrons. The highest BCUT2D eigenvalue weighted by Gasteiger charge is 2.20. The third-order valence-corrected chi connectivity index (χ3v) is 3.16. The normalized spacial score (nSPS) is 13.6. The molecule has 1 aliphatic rings. The fraction of sp³-hybridized carbons (Fsp3) is 0.400. The molecule has 0 unspecified atom stereocenters. The summed E-state index contributed by atoms with van der Waals surface area (Å²) in [5.41, 5.74) is 0.953. The predicted molar refractivity (Wildman–Crippen MR) is 78.7 cm³/mol. The summed E-state index contributed by atoms with van der Waals surface area (Å²) in [4.78, 5) is 11.5. The highest BCUT2D eigenvalue weighted by molar-refractivity contribution is 6.30. The van der Waals surface area contributed by atoms with Crippen molar-refractivity contribution in [2.45, 2.75) is 25.4 Å². The highest BCUT2D eigenvalue weighted by atomic mass is 35.5. The Hall–Kier alpha value is -1.70. The average Bonchev–Trinajstić information content (AvgIpc) is 3.26. The maximum absolute atomic E-state index is 11.5. The van der Waals surface area contributed by atoms with E-state index in [-0.39, 0.29) is 19.1 Å². The molecule has 1 aromatic carbocycles. The molecule has 0 aliphatic heterocycles. The van der Waals surface area contributed by atoms with Crippen LogP contribution in [0.4, 0.5) is 0 Å². The Morgan fingerprint density at radius 3 is 3.00 bits per heavy atom. The molecule has 0 saturated heterocycles. The fourth-order valence-corrected chi connectivity index (χ4v) is 1.91. The summed E-state index contributed by atoms with van der Waals surface area (Å²) < 4.78 is 5.52. The van der Waals surface area contributed by atoms with Crippen molar-refractivity contribution < 1.29 is 9.53 Å². The van der Waals surface area contributed by atoms with Gasteiger partial charge < -0.3 is 15.4 Å². The van der Waals surface area contributed by atoms with Crippen LogP contribution >= 0.6 is 11.6 Å². The number of carbonyl (C=O) groups is 1. The van der Waals surface area contributed by atoms with Crippen molar-refractivity contribution in [3.63, 3.8) is 0 Å². The second kappa shape index (κ2) is 7.18. The maximum atomic E-state index is 11.5. The van der Waals surface area contributed by atoms with Crippen molar-refractivity contribution in [1.82, 2.24) is 10.6 Å². The minimum Gasteiger partial charge on any atom is -0.483 e. The molecule has 0 spiro atoms. The van der Waals surface area contributed by atoms with Crippen LogP contribution in [0.3, 0.4) is 0 Å². The molecular weight excluding hydrogens is 276 g/mol. The van der Waals surface area contributed by atoms with Gasteiger partial charge in [-0.3, -0.25) is 4.79 Å². The molecule has 1 amide bonds. The molecule has 1 aliphatic carbocycles. The van der Waals surface area contributed by atoms with Crippen molar-refractivity contribution in [1.29, 1.82) is 0 Å². The second-order valence-corrected chi connectivity index (χ2v) is 5.11. The number of rotatable bonds is 7. The zero-order chi connectivity index (χ0) is 14.4. The lowest BCUT2D eigenvalue weighted by molar-refractivity contribution is -0.122. The van der Waals surface area contributed by atoms with Gasteiger partial charge in [0.15, 0.2) is 6.61 Å². The molecule has 5 heteroatoms. The average molecular weight is 293 g/mol. The van der Waals surface area contributed by atoms with Gasteiger partial charge in [0.2, 0.25) is 0 Å². The van der Waals surface area contributed by atoms with Gasteiger partial charge in [-0.25, -0.2) is 0 Å². The van der Waals surface area contributed by atoms with Gasteiger partial charge in [0.05, 0.1) is 6.54 Å². The van der Waals surface area contributed by atoms with Crippen LogP contribution in [0.2, 0.25) is 5.02 Å². The lowest BCUT2D eigenvalue weighted by Gasteiger charge is -2.12. The standard InChI is InChI=1S/C15H17ClN2O2/c1-2-7-17-15(19)10-20-14-6-3-12(16)8-11(14)9-18-13-4-5-13/h1,3,6,8,13,18H,4-5,7,9-10H2,(H,17,19). The Morgan fingerprint density at radius 2 is 2.30 bits per heavy atom. The number of benzene rings is 1. The van der Waals surface area contributed by atoms with Crippen molar-refractivity contribution in [2.24, 2.45) is 0 Å². The van der Waals surface area contributed by atoms with Gasteiger partial charge in [0.25, 0.3) is 5.91 Å². The first-order valence-corrected chi connectivity index (χ1v) is 6.91. The van der Waals surface area contributed by atoms with Gasteiger partial charge in [0.1, 0.15) is 5.75 Å².